The summed E-state index contributed by atoms with van der Waals surface area (Å²) in [6, 6.07) is 0. The second-order valence-corrected chi connectivity index (χ2v) is 5.95. The number of ether oxygens (including phenoxy) is 3. The van der Waals surface area contributed by atoms with Crippen LogP contribution in [0.15, 0.2) is 0 Å². The van der Waals surface area contributed by atoms with Gasteiger partial charge in [0.05, 0.1) is 26.4 Å². The van der Waals surface area contributed by atoms with E-state index in [9.17, 15) is 0 Å². The predicted molar refractivity (Wildman–Crippen MR) is 69.7 cm³/mol. The normalized spacial score (nSPS) is 15.7. The number of rotatable bonds is 8. The molecule has 5 heteroatoms. The topological polar surface area (TPSA) is 27.7 Å². The van der Waals surface area contributed by atoms with E-state index >= 15 is 0 Å². The first-order valence-corrected chi connectivity index (χ1v) is 6.71. The van der Waals surface area contributed by atoms with Crippen LogP contribution in [0.1, 0.15) is 13.8 Å². The molecule has 0 aliphatic rings. The second kappa shape index (κ2) is 9.88. The van der Waals surface area contributed by atoms with Gasteiger partial charge >= 0.3 is 0 Å². The lowest BCUT2D eigenvalue weighted by Crippen LogP contribution is -2.12. The summed E-state index contributed by atoms with van der Waals surface area (Å²) in [5.74, 6) is 0. The Morgan fingerprint density at radius 3 is 1.54 bits per heavy atom. The SMILES string of the molecule is CC(I)OCCOCCOC(C)I. The smallest absolute Gasteiger partial charge is 0.106 e. The minimum atomic E-state index is 0.256. The van der Waals surface area contributed by atoms with Crippen molar-refractivity contribution in [2.75, 3.05) is 26.4 Å². The summed E-state index contributed by atoms with van der Waals surface area (Å²) in [6.07, 6.45) is 0. The summed E-state index contributed by atoms with van der Waals surface area (Å²) in [6.45, 7) is 6.61. The third-order valence-electron chi connectivity index (χ3n) is 1.15. The van der Waals surface area contributed by atoms with Crippen molar-refractivity contribution < 1.29 is 14.2 Å². The zero-order valence-corrected chi connectivity index (χ0v) is 12.3. The zero-order chi connectivity index (χ0) is 10.1. The van der Waals surface area contributed by atoms with Crippen molar-refractivity contribution >= 4 is 45.2 Å². The largest absolute Gasteiger partial charge is 0.377 e. The molecular formula is C8H16I2O3. The minimum absolute atomic E-state index is 0.256. The molecule has 0 saturated heterocycles. The first kappa shape index (κ1) is 14.3. The highest BCUT2D eigenvalue weighted by Gasteiger charge is 1.96. The highest BCUT2D eigenvalue weighted by molar-refractivity contribution is 14.1. The average Bonchev–Trinajstić information content (AvgIpc) is 2.01. The van der Waals surface area contributed by atoms with E-state index in [2.05, 4.69) is 45.2 Å². The highest BCUT2D eigenvalue weighted by Crippen LogP contribution is 2.00. The third kappa shape index (κ3) is 13.3. The summed E-state index contributed by atoms with van der Waals surface area (Å²) >= 11 is 4.43. The van der Waals surface area contributed by atoms with Gasteiger partial charge in [-0.05, 0) is 13.8 Å². The summed E-state index contributed by atoms with van der Waals surface area (Å²) in [4.78, 5) is 0. The molecule has 2 atom stereocenters. The molecule has 0 aliphatic heterocycles. The van der Waals surface area contributed by atoms with Gasteiger partial charge in [-0.3, -0.25) is 0 Å². The molecule has 0 amide bonds. The molecule has 0 aliphatic carbocycles. The molecule has 13 heavy (non-hydrogen) atoms. The Morgan fingerprint density at radius 2 is 1.23 bits per heavy atom. The number of hydrogen-bond donors (Lipinski definition) is 0. The van der Waals surface area contributed by atoms with Crippen molar-refractivity contribution in [3.63, 3.8) is 0 Å². The number of halogens is 2. The molecular weight excluding hydrogens is 398 g/mol. The standard InChI is InChI=1S/C8H16I2O3/c1-7(9)12-5-3-11-4-6-13-8(2)10/h7-8H,3-6H2,1-2H3. The summed E-state index contributed by atoms with van der Waals surface area (Å²) in [7, 11) is 0. The Morgan fingerprint density at radius 1 is 0.846 bits per heavy atom. The maximum Gasteiger partial charge on any atom is 0.106 e. The van der Waals surface area contributed by atoms with Crippen molar-refractivity contribution in [1.29, 1.82) is 0 Å². The van der Waals surface area contributed by atoms with E-state index in [-0.39, 0.29) is 8.22 Å². The maximum absolute atomic E-state index is 5.29. The Labute approximate surface area is 107 Å². The lowest BCUT2D eigenvalue weighted by atomic mass is 10.7. The Hall–Kier alpha value is 1.34. The van der Waals surface area contributed by atoms with Crippen LogP contribution in [0.4, 0.5) is 0 Å². The maximum atomic E-state index is 5.29. The van der Waals surface area contributed by atoms with Gasteiger partial charge in [-0.2, -0.15) is 0 Å². The molecule has 0 rings (SSSR count). The van der Waals surface area contributed by atoms with Gasteiger partial charge in [-0.1, -0.05) is 45.2 Å². The minimum Gasteiger partial charge on any atom is -0.377 e. The van der Waals surface area contributed by atoms with E-state index in [0.29, 0.717) is 26.4 Å². The van der Waals surface area contributed by atoms with Crippen LogP contribution in [0.2, 0.25) is 0 Å². The van der Waals surface area contributed by atoms with Gasteiger partial charge in [0.15, 0.2) is 0 Å². The van der Waals surface area contributed by atoms with Crippen molar-refractivity contribution in [2.45, 2.75) is 22.1 Å². The van der Waals surface area contributed by atoms with E-state index in [1.165, 1.54) is 0 Å². The Bertz CT molecular complexity index is 97.6. The van der Waals surface area contributed by atoms with Crippen molar-refractivity contribution in [3.05, 3.63) is 0 Å². The second-order valence-electron chi connectivity index (χ2n) is 2.44. The molecule has 0 fully saturated rings. The van der Waals surface area contributed by atoms with Crippen molar-refractivity contribution in [3.8, 4) is 0 Å². The molecule has 0 saturated carbocycles. The van der Waals surface area contributed by atoms with E-state index in [1.807, 2.05) is 13.8 Å². The van der Waals surface area contributed by atoms with Crippen LogP contribution in [-0.4, -0.2) is 34.6 Å². The van der Waals surface area contributed by atoms with Gasteiger partial charge in [-0.15, -0.1) is 0 Å². The Kier molecular flexibility index (Phi) is 10.9. The first-order chi connectivity index (χ1) is 6.13. The molecule has 0 spiro atoms. The van der Waals surface area contributed by atoms with Gasteiger partial charge in [0.2, 0.25) is 0 Å². The van der Waals surface area contributed by atoms with E-state index in [0.717, 1.165) is 0 Å². The van der Waals surface area contributed by atoms with Gasteiger partial charge in [-0.25, -0.2) is 0 Å². The fourth-order valence-electron chi connectivity index (χ4n) is 0.641. The molecule has 2 unspecified atom stereocenters. The van der Waals surface area contributed by atoms with Crippen LogP contribution >= 0.6 is 45.2 Å². The van der Waals surface area contributed by atoms with Gasteiger partial charge < -0.3 is 14.2 Å². The summed E-state index contributed by atoms with van der Waals surface area (Å²) < 4.78 is 16.4. The highest BCUT2D eigenvalue weighted by atomic mass is 127. The predicted octanol–water partition coefficient (Wildman–Crippen LogP) is 2.60. The van der Waals surface area contributed by atoms with Crippen LogP contribution in [0.25, 0.3) is 0 Å². The quantitative estimate of drug-likeness (QED) is 0.348. The van der Waals surface area contributed by atoms with Crippen LogP contribution < -0.4 is 0 Å². The molecule has 0 N–H and O–H groups in total. The average molecular weight is 414 g/mol. The van der Waals surface area contributed by atoms with Crippen molar-refractivity contribution in [1.82, 2.24) is 0 Å². The number of hydrogen-bond acceptors (Lipinski definition) is 3. The monoisotopic (exact) mass is 414 g/mol. The first-order valence-electron chi connectivity index (χ1n) is 4.22. The van der Waals surface area contributed by atoms with Gasteiger partial charge in [0.1, 0.15) is 8.22 Å². The lowest BCUT2D eigenvalue weighted by molar-refractivity contribution is 0.0138. The zero-order valence-electron chi connectivity index (χ0n) is 7.96. The third-order valence-corrected chi connectivity index (χ3v) is 1.87. The van der Waals surface area contributed by atoms with Crippen LogP contribution in [0.5, 0.6) is 0 Å². The molecule has 3 nitrogen and oxygen atoms in total. The molecule has 0 radical (unpaired) electrons. The molecule has 0 aromatic rings. The fourth-order valence-corrected chi connectivity index (χ4v) is 1.15. The van der Waals surface area contributed by atoms with Crippen LogP contribution in [0, 0.1) is 0 Å². The number of alkyl halides is 2. The van der Waals surface area contributed by atoms with E-state index in [1.54, 1.807) is 0 Å². The molecule has 0 aromatic heterocycles. The molecule has 80 valence electrons. The lowest BCUT2D eigenvalue weighted by Gasteiger charge is -2.08. The van der Waals surface area contributed by atoms with Gasteiger partial charge in [0, 0.05) is 0 Å². The summed E-state index contributed by atoms with van der Waals surface area (Å²) in [5.41, 5.74) is 0. The van der Waals surface area contributed by atoms with E-state index in [4.69, 9.17) is 14.2 Å². The molecule has 0 heterocycles. The van der Waals surface area contributed by atoms with Gasteiger partial charge in [0.25, 0.3) is 0 Å². The van der Waals surface area contributed by atoms with Crippen molar-refractivity contribution in [2.24, 2.45) is 0 Å². The molecule has 0 aromatic carbocycles. The van der Waals surface area contributed by atoms with E-state index < -0.39 is 0 Å². The summed E-state index contributed by atoms with van der Waals surface area (Å²) in [5, 5.41) is 0. The fraction of sp³-hybridized carbons (Fsp3) is 1.00. The Balaban J connectivity index is 2.92. The molecule has 0 bridgehead atoms. The van der Waals surface area contributed by atoms with Crippen LogP contribution in [-0.2, 0) is 14.2 Å². The van der Waals surface area contributed by atoms with Crippen LogP contribution in [0.3, 0.4) is 0 Å².